The summed E-state index contributed by atoms with van der Waals surface area (Å²) in [7, 11) is 0. The molecule has 6 heteroatoms. The van der Waals surface area contributed by atoms with Gasteiger partial charge in [-0.3, -0.25) is 4.79 Å². The fraction of sp³-hybridized carbons (Fsp3) is 0.111. The monoisotopic (exact) mass is 324 g/mol. The summed E-state index contributed by atoms with van der Waals surface area (Å²) >= 11 is 0. The summed E-state index contributed by atoms with van der Waals surface area (Å²) in [5, 5.41) is 22.5. The number of carbonyl (C=O) groups excluding carboxylic acids is 1. The Labute approximate surface area is 137 Å². The van der Waals surface area contributed by atoms with Crippen LogP contribution in [0.15, 0.2) is 54.7 Å². The van der Waals surface area contributed by atoms with Crippen molar-refractivity contribution in [1.82, 2.24) is 10.3 Å². The van der Waals surface area contributed by atoms with Crippen molar-refractivity contribution < 1.29 is 19.8 Å². The number of para-hydroxylation sites is 2. The molecule has 122 valence electrons. The summed E-state index contributed by atoms with van der Waals surface area (Å²) in [5.41, 5.74) is 1.75. The van der Waals surface area contributed by atoms with Crippen LogP contribution in [0.2, 0.25) is 0 Å². The first-order valence-electron chi connectivity index (χ1n) is 7.43. The highest BCUT2D eigenvalue weighted by molar-refractivity contribution is 5.99. The van der Waals surface area contributed by atoms with E-state index in [9.17, 15) is 19.8 Å². The number of fused-ring (bicyclic) bond motifs is 1. The zero-order valence-electron chi connectivity index (χ0n) is 12.7. The van der Waals surface area contributed by atoms with Crippen LogP contribution in [-0.4, -0.2) is 33.1 Å². The number of carbonyl (C=O) groups is 2. The topological polar surface area (TPSA) is 102 Å². The van der Waals surface area contributed by atoms with Crippen molar-refractivity contribution in [3.8, 4) is 5.75 Å². The Balaban J connectivity index is 1.82. The number of aromatic amines is 1. The molecule has 1 heterocycles. The van der Waals surface area contributed by atoms with Crippen LogP contribution >= 0.6 is 0 Å². The van der Waals surface area contributed by atoms with E-state index in [0.717, 1.165) is 16.5 Å². The highest BCUT2D eigenvalue weighted by Gasteiger charge is 2.23. The number of aliphatic carboxylic acids is 1. The Morgan fingerprint density at radius 1 is 1.08 bits per heavy atom. The van der Waals surface area contributed by atoms with E-state index in [0.29, 0.717) is 0 Å². The second-order valence-corrected chi connectivity index (χ2v) is 5.45. The molecule has 0 radical (unpaired) electrons. The van der Waals surface area contributed by atoms with Crippen LogP contribution in [-0.2, 0) is 11.2 Å². The number of carboxylic acids is 1. The number of hydrogen-bond acceptors (Lipinski definition) is 3. The van der Waals surface area contributed by atoms with Gasteiger partial charge in [0.05, 0.1) is 5.56 Å². The van der Waals surface area contributed by atoms with E-state index in [1.165, 1.54) is 12.1 Å². The Bertz CT molecular complexity index is 901. The summed E-state index contributed by atoms with van der Waals surface area (Å²) in [5.74, 6) is -1.95. The molecule has 0 spiro atoms. The van der Waals surface area contributed by atoms with Crippen molar-refractivity contribution >= 4 is 22.8 Å². The molecule has 1 aromatic heterocycles. The first-order chi connectivity index (χ1) is 11.6. The van der Waals surface area contributed by atoms with Crippen LogP contribution in [0.5, 0.6) is 5.75 Å². The predicted octanol–water partition coefficient (Wildman–Crippen LogP) is 2.30. The number of carboxylic acid groups (broad SMARTS) is 1. The molecule has 0 aliphatic heterocycles. The molecule has 0 fully saturated rings. The van der Waals surface area contributed by atoms with Crippen molar-refractivity contribution in [2.45, 2.75) is 12.5 Å². The van der Waals surface area contributed by atoms with Gasteiger partial charge in [0.15, 0.2) is 0 Å². The lowest BCUT2D eigenvalue weighted by atomic mass is 10.0. The van der Waals surface area contributed by atoms with Crippen molar-refractivity contribution in [3.63, 3.8) is 0 Å². The second kappa shape index (κ2) is 6.45. The van der Waals surface area contributed by atoms with Crippen molar-refractivity contribution in [2.24, 2.45) is 0 Å². The van der Waals surface area contributed by atoms with Gasteiger partial charge in [0.25, 0.3) is 5.91 Å². The van der Waals surface area contributed by atoms with Crippen LogP contribution in [0.25, 0.3) is 10.9 Å². The SMILES string of the molecule is O=C(N[C@@H](Cc1c[nH]c2ccccc12)C(=O)O)c1ccccc1O. The highest BCUT2D eigenvalue weighted by Crippen LogP contribution is 2.20. The minimum atomic E-state index is -1.14. The number of hydrogen-bond donors (Lipinski definition) is 4. The first kappa shape index (κ1) is 15.6. The molecule has 0 bridgehead atoms. The molecule has 0 aliphatic carbocycles. The van der Waals surface area contributed by atoms with Gasteiger partial charge in [-0.2, -0.15) is 0 Å². The molecule has 4 N–H and O–H groups in total. The molecule has 3 rings (SSSR count). The Morgan fingerprint density at radius 2 is 1.79 bits per heavy atom. The number of benzene rings is 2. The van der Waals surface area contributed by atoms with Crippen molar-refractivity contribution in [2.75, 3.05) is 0 Å². The molecule has 3 aromatic rings. The lowest BCUT2D eigenvalue weighted by molar-refractivity contribution is -0.139. The van der Waals surface area contributed by atoms with Gasteiger partial charge in [-0.15, -0.1) is 0 Å². The fourth-order valence-corrected chi connectivity index (χ4v) is 2.62. The van der Waals surface area contributed by atoms with Crippen LogP contribution in [0.1, 0.15) is 15.9 Å². The fourth-order valence-electron chi connectivity index (χ4n) is 2.62. The minimum absolute atomic E-state index is 0.0441. The van der Waals surface area contributed by atoms with Crippen LogP contribution in [0, 0.1) is 0 Å². The zero-order chi connectivity index (χ0) is 17.1. The van der Waals surface area contributed by atoms with E-state index in [2.05, 4.69) is 10.3 Å². The maximum atomic E-state index is 12.2. The van der Waals surface area contributed by atoms with Gasteiger partial charge in [-0.1, -0.05) is 30.3 Å². The number of rotatable bonds is 5. The van der Waals surface area contributed by atoms with Gasteiger partial charge < -0.3 is 20.5 Å². The summed E-state index contributed by atoms with van der Waals surface area (Å²) < 4.78 is 0. The summed E-state index contributed by atoms with van der Waals surface area (Å²) in [6.07, 6.45) is 1.88. The summed E-state index contributed by atoms with van der Waals surface area (Å²) in [6, 6.07) is 12.5. The van der Waals surface area contributed by atoms with Gasteiger partial charge in [0, 0.05) is 23.5 Å². The molecule has 0 saturated carbocycles. The zero-order valence-corrected chi connectivity index (χ0v) is 12.7. The molecule has 1 amide bonds. The van der Waals surface area contributed by atoms with Crippen molar-refractivity contribution in [3.05, 3.63) is 65.9 Å². The van der Waals surface area contributed by atoms with Crippen LogP contribution < -0.4 is 5.32 Å². The van der Waals surface area contributed by atoms with Gasteiger partial charge >= 0.3 is 5.97 Å². The number of phenols is 1. The Hall–Kier alpha value is -3.28. The van der Waals surface area contributed by atoms with E-state index >= 15 is 0 Å². The highest BCUT2D eigenvalue weighted by atomic mass is 16.4. The standard InChI is InChI=1S/C18H16N2O4/c21-16-8-4-2-6-13(16)17(22)20-15(18(23)24)9-11-10-19-14-7-3-1-5-12(11)14/h1-8,10,15,19,21H,9H2,(H,20,22)(H,23,24)/t15-/m0/s1. The molecule has 0 unspecified atom stereocenters. The normalized spacial score (nSPS) is 12.0. The number of aromatic nitrogens is 1. The smallest absolute Gasteiger partial charge is 0.326 e. The molecule has 2 aromatic carbocycles. The van der Waals surface area contributed by atoms with E-state index in [1.807, 2.05) is 24.3 Å². The van der Waals surface area contributed by atoms with Crippen LogP contribution in [0.4, 0.5) is 0 Å². The molecule has 1 atom stereocenters. The third-order valence-corrected chi connectivity index (χ3v) is 3.85. The molecule has 6 nitrogen and oxygen atoms in total. The van der Waals surface area contributed by atoms with Gasteiger partial charge in [-0.05, 0) is 23.8 Å². The summed E-state index contributed by atoms with van der Waals surface area (Å²) in [4.78, 5) is 26.8. The van der Waals surface area contributed by atoms with E-state index in [-0.39, 0.29) is 17.7 Å². The Morgan fingerprint density at radius 3 is 2.54 bits per heavy atom. The average Bonchev–Trinajstić information content (AvgIpc) is 2.97. The Kier molecular flexibility index (Phi) is 4.20. The first-order valence-corrected chi connectivity index (χ1v) is 7.43. The average molecular weight is 324 g/mol. The molecule has 24 heavy (non-hydrogen) atoms. The molecule has 0 saturated heterocycles. The van der Waals surface area contributed by atoms with Crippen LogP contribution in [0.3, 0.4) is 0 Å². The number of nitrogens with one attached hydrogen (secondary N) is 2. The van der Waals surface area contributed by atoms with Crippen molar-refractivity contribution in [1.29, 1.82) is 0 Å². The minimum Gasteiger partial charge on any atom is -0.507 e. The number of aromatic hydroxyl groups is 1. The lowest BCUT2D eigenvalue weighted by Crippen LogP contribution is -2.42. The maximum absolute atomic E-state index is 12.2. The van der Waals surface area contributed by atoms with E-state index < -0.39 is 17.9 Å². The molecular formula is C18H16N2O4. The van der Waals surface area contributed by atoms with E-state index in [1.54, 1.807) is 18.3 Å². The van der Waals surface area contributed by atoms with Gasteiger partial charge in [0.2, 0.25) is 0 Å². The van der Waals surface area contributed by atoms with E-state index in [4.69, 9.17) is 0 Å². The quantitative estimate of drug-likeness (QED) is 0.578. The second-order valence-electron chi connectivity index (χ2n) is 5.45. The number of amides is 1. The van der Waals surface area contributed by atoms with Gasteiger partial charge in [0.1, 0.15) is 11.8 Å². The largest absolute Gasteiger partial charge is 0.507 e. The lowest BCUT2D eigenvalue weighted by Gasteiger charge is -2.14. The predicted molar refractivity (Wildman–Crippen MR) is 89.0 cm³/mol. The third kappa shape index (κ3) is 3.08. The number of H-pyrrole nitrogens is 1. The molecular weight excluding hydrogens is 308 g/mol. The third-order valence-electron chi connectivity index (χ3n) is 3.85. The van der Waals surface area contributed by atoms with Gasteiger partial charge in [-0.25, -0.2) is 4.79 Å². The molecule has 0 aliphatic rings. The maximum Gasteiger partial charge on any atom is 0.326 e. The summed E-state index contributed by atoms with van der Waals surface area (Å²) in [6.45, 7) is 0. The number of phenolic OH excluding ortho intramolecular Hbond substituents is 1.